The van der Waals surface area contributed by atoms with E-state index in [1.807, 2.05) is 12.1 Å². The molecule has 0 saturated carbocycles. The van der Waals surface area contributed by atoms with Crippen molar-refractivity contribution < 1.29 is 4.39 Å². The highest BCUT2D eigenvalue weighted by Crippen LogP contribution is 2.33. The van der Waals surface area contributed by atoms with E-state index in [2.05, 4.69) is 24.2 Å². The molecule has 0 aromatic heterocycles. The summed E-state index contributed by atoms with van der Waals surface area (Å²) in [6.07, 6.45) is 3.66. The lowest BCUT2D eigenvalue weighted by atomic mass is 9.76. The van der Waals surface area contributed by atoms with Crippen molar-refractivity contribution in [2.24, 2.45) is 5.41 Å². The second-order valence-corrected chi connectivity index (χ2v) is 5.87. The molecule has 0 atom stereocenters. The van der Waals surface area contributed by atoms with Crippen LogP contribution in [0.25, 0.3) is 0 Å². The van der Waals surface area contributed by atoms with E-state index in [0.717, 1.165) is 25.2 Å². The van der Waals surface area contributed by atoms with Crippen molar-refractivity contribution in [1.29, 1.82) is 0 Å². The lowest BCUT2D eigenvalue weighted by Crippen LogP contribution is -2.43. The molecule has 19 heavy (non-hydrogen) atoms. The molecule has 0 spiro atoms. The first-order valence-corrected chi connectivity index (χ1v) is 7.28. The Balaban J connectivity index is 1.96. The van der Waals surface area contributed by atoms with E-state index in [1.54, 1.807) is 12.1 Å². The van der Waals surface area contributed by atoms with E-state index >= 15 is 0 Å². The molecule has 1 aliphatic heterocycles. The molecule has 0 bridgehead atoms. The van der Waals surface area contributed by atoms with Crippen molar-refractivity contribution in [3.05, 3.63) is 35.6 Å². The van der Waals surface area contributed by atoms with Crippen LogP contribution in [-0.2, 0) is 6.54 Å². The van der Waals surface area contributed by atoms with Crippen LogP contribution in [0.5, 0.6) is 0 Å². The third-order valence-corrected chi connectivity index (χ3v) is 4.42. The van der Waals surface area contributed by atoms with Crippen LogP contribution in [0.2, 0.25) is 0 Å². The van der Waals surface area contributed by atoms with Crippen molar-refractivity contribution in [3.8, 4) is 0 Å². The van der Waals surface area contributed by atoms with Gasteiger partial charge in [-0.05, 0) is 50.9 Å². The molecule has 1 N–H and O–H groups in total. The number of nitrogens with zero attached hydrogens (tertiary/aromatic N) is 1. The molecular formula is C16H25FN2. The highest BCUT2D eigenvalue weighted by Gasteiger charge is 2.31. The highest BCUT2D eigenvalue weighted by molar-refractivity contribution is 5.17. The quantitative estimate of drug-likeness (QED) is 0.879. The van der Waals surface area contributed by atoms with E-state index in [1.165, 1.54) is 19.3 Å². The second kappa shape index (κ2) is 6.49. The minimum Gasteiger partial charge on any atom is -0.317 e. The van der Waals surface area contributed by atoms with Crippen LogP contribution >= 0.6 is 0 Å². The third kappa shape index (κ3) is 3.77. The van der Waals surface area contributed by atoms with Gasteiger partial charge in [0.15, 0.2) is 0 Å². The fourth-order valence-electron chi connectivity index (χ4n) is 3.13. The summed E-state index contributed by atoms with van der Waals surface area (Å²) in [6, 6.07) is 7.09. The fourth-order valence-corrected chi connectivity index (χ4v) is 3.13. The van der Waals surface area contributed by atoms with Crippen molar-refractivity contribution in [2.75, 3.05) is 26.7 Å². The predicted molar refractivity (Wildman–Crippen MR) is 77.6 cm³/mol. The first kappa shape index (κ1) is 14.5. The molecule has 1 aromatic carbocycles. The van der Waals surface area contributed by atoms with E-state index in [4.69, 9.17) is 0 Å². The van der Waals surface area contributed by atoms with Gasteiger partial charge in [-0.2, -0.15) is 0 Å². The molecule has 1 aromatic rings. The van der Waals surface area contributed by atoms with Crippen LogP contribution in [-0.4, -0.2) is 31.6 Å². The summed E-state index contributed by atoms with van der Waals surface area (Å²) in [6.45, 7) is 6.26. The summed E-state index contributed by atoms with van der Waals surface area (Å²) in [5.41, 5.74) is 1.20. The van der Waals surface area contributed by atoms with Crippen LogP contribution in [0.4, 0.5) is 4.39 Å². The number of halogens is 1. The molecule has 0 amide bonds. The van der Waals surface area contributed by atoms with E-state index in [9.17, 15) is 4.39 Å². The molecule has 1 saturated heterocycles. The monoisotopic (exact) mass is 264 g/mol. The number of hydrogen-bond acceptors (Lipinski definition) is 2. The summed E-state index contributed by atoms with van der Waals surface area (Å²) in [5.74, 6) is -0.0924. The Hall–Kier alpha value is -0.930. The molecule has 0 aliphatic carbocycles. The van der Waals surface area contributed by atoms with Crippen molar-refractivity contribution in [1.82, 2.24) is 10.2 Å². The zero-order valence-corrected chi connectivity index (χ0v) is 12.1. The van der Waals surface area contributed by atoms with Gasteiger partial charge in [-0.1, -0.05) is 25.1 Å². The molecular weight excluding hydrogens is 239 g/mol. The zero-order valence-electron chi connectivity index (χ0n) is 12.1. The zero-order chi connectivity index (χ0) is 13.7. The topological polar surface area (TPSA) is 15.3 Å². The third-order valence-electron chi connectivity index (χ3n) is 4.42. The highest BCUT2D eigenvalue weighted by atomic mass is 19.1. The Morgan fingerprint density at radius 3 is 2.58 bits per heavy atom. The number of piperidine rings is 1. The Morgan fingerprint density at radius 2 is 1.95 bits per heavy atom. The van der Waals surface area contributed by atoms with Crippen LogP contribution in [0.15, 0.2) is 24.3 Å². The van der Waals surface area contributed by atoms with Gasteiger partial charge in [-0.3, -0.25) is 0 Å². The lowest BCUT2D eigenvalue weighted by molar-refractivity contribution is 0.118. The molecule has 1 aliphatic rings. The molecule has 106 valence electrons. The van der Waals surface area contributed by atoms with Gasteiger partial charge in [0, 0.05) is 18.7 Å². The average molecular weight is 264 g/mol. The SMILES string of the molecule is CCC1(CN(C)Cc2ccccc2F)CCNCC1. The Morgan fingerprint density at radius 1 is 1.26 bits per heavy atom. The van der Waals surface area contributed by atoms with Gasteiger partial charge in [0.2, 0.25) is 0 Å². The average Bonchev–Trinajstić information content (AvgIpc) is 2.42. The standard InChI is InChI=1S/C16H25FN2/c1-3-16(8-10-18-11-9-16)13-19(2)12-14-6-4-5-7-15(14)17/h4-7,18H,3,8-13H2,1-2H3. The van der Waals surface area contributed by atoms with Gasteiger partial charge < -0.3 is 10.2 Å². The Bertz CT molecular complexity index is 399. The van der Waals surface area contributed by atoms with Gasteiger partial charge in [0.1, 0.15) is 5.82 Å². The van der Waals surface area contributed by atoms with Gasteiger partial charge in [0.05, 0.1) is 0 Å². The van der Waals surface area contributed by atoms with Crippen LogP contribution in [0, 0.1) is 11.2 Å². The van der Waals surface area contributed by atoms with Crippen molar-refractivity contribution >= 4 is 0 Å². The summed E-state index contributed by atoms with van der Waals surface area (Å²) in [7, 11) is 2.10. The second-order valence-electron chi connectivity index (χ2n) is 5.87. The maximum Gasteiger partial charge on any atom is 0.127 e. The van der Waals surface area contributed by atoms with E-state index in [0.29, 0.717) is 12.0 Å². The number of benzene rings is 1. The Labute approximate surface area is 116 Å². The molecule has 3 heteroatoms. The normalized spacial score (nSPS) is 18.7. The fraction of sp³-hybridized carbons (Fsp3) is 0.625. The first-order chi connectivity index (χ1) is 9.15. The molecule has 0 radical (unpaired) electrons. The summed E-state index contributed by atoms with van der Waals surface area (Å²) >= 11 is 0. The van der Waals surface area contributed by atoms with Gasteiger partial charge in [0.25, 0.3) is 0 Å². The lowest BCUT2D eigenvalue weighted by Gasteiger charge is -2.40. The van der Waals surface area contributed by atoms with E-state index < -0.39 is 0 Å². The van der Waals surface area contributed by atoms with E-state index in [-0.39, 0.29) is 5.82 Å². The number of nitrogens with one attached hydrogen (secondary N) is 1. The molecule has 2 nitrogen and oxygen atoms in total. The molecule has 2 rings (SSSR count). The smallest absolute Gasteiger partial charge is 0.127 e. The number of hydrogen-bond donors (Lipinski definition) is 1. The first-order valence-electron chi connectivity index (χ1n) is 7.28. The summed E-state index contributed by atoms with van der Waals surface area (Å²) in [5, 5.41) is 3.43. The minimum atomic E-state index is -0.0924. The molecule has 1 fully saturated rings. The molecule has 0 unspecified atom stereocenters. The largest absolute Gasteiger partial charge is 0.317 e. The van der Waals surface area contributed by atoms with Gasteiger partial charge in [-0.15, -0.1) is 0 Å². The Kier molecular flexibility index (Phi) is 4.94. The maximum absolute atomic E-state index is 13.7. The summed E-state index contributed by atoms with van der Waals surface area (Å²) in [4.78, 5) is 2.27. The van der Waals surface area contributed by atoms with Crippen LogP contribution in [0.3, 0.4) is 0 Å². The summed E-state index contributed by atoms with van der Waals surface area (Å²) < 4.78 is 13.7. The van der Waals surface area contributed by atoms with Crippen LogP contribution in [0.1, 0.15) is 31.7 Å². The van der Waals surface area contributed by atoms with Crippen LogP contribution < -0.4 is 5.32 Å². The van der Waals surface area contributed by atoms with Gasteiger partial charge in [-0.25, -0.2) is 4.39 Å². The minimum absolute atomic E-state index is 0.0924. The molecule has 1 heterocycles. The number of rotatable bonds is 5. The maximum atomic E-state index is 13.7. The van der Waals surface area contributed by atoms with Crippen molar-refractivity contribution in [2.45, 2.75) is 32.7 Å². The van der Waals surface area contributed by atoms with Gasteiger partial charge >= 0.3 is 0 Å². The predicted octanol–water partition coefficient (Wildman–Crippen LogP) is 3.04. The van der Waals surface area contributed by atoms with Crippen molar-refractivity contribution in [3.63, 3.8) is 0 Å².